The normalized spacial score (nSPS) is 10.0. The summed E-state index contributed by atoms with van der Waals surface area (Å²) in [5, 5.41) is 7.02. The fraction of sp³-hybridized carbons (Fsp3) is 0.143. The van der Waals surface area contributed by atoms with Gasteiger partial charge in [0.05, 0.1) is 12.1 Å². The third-order valence-electron chi connectivity index (χ3n) is 2.65. The number of methoxy groups -OCH3 is 1. The molecule has 2 N–H and O–H groups in total. The van der Waals surface area contributed by atoms with Gasteiger partial charge in [-0.1, -0.05) is 23.7 Å². The van der Waals surface area contributed by atoms with E-state index >= 15 is 0 Å². The summed E-state index contributed by atoms with van der Waals surface area (Å²) in [5.74, 6) is 1.34. The van der Waals surface area contributed by atoms with Crippen molar-refractivity contribution in [2.45, 2.75) is 6.54 Å². The Balaban J connectivity index is 1.89. The molecule has 110 valence electrons. The second-order valence-electron chi connectivity index (χ2n) is 4.14. The van der Waals surface area contributed by atoms with E-state index in [2.05, 4.69) is 31.5 Å². The molecule has 0 aliphatic carbocycles. The van der Waals surface area contributed by atoms with E-state index in [1.54, 1.807) is 19.4 Å². The summed E-state index contributed by atoms with van der Waals surface area (Å²) in [6.07, 6.45) is 1.65. The number of thiocarbonyl (C=S) groups is 1. The van der Waals surface area contributed by atoms with Gasteiger partial charge in [0.2, 0.25) is 0 Å². The highest BCUT2D eigenvalue weighted by molar-refractivity contribution is 9.10. The largest absolute Gasteiger partial charge is 0.497 e. The summed E-state index contributed by atoms with van der Waals surface area (Å²) in [6.45, 7) is 0.601. The van der Waals surface area contributed by atoms with Crippen LogP contribution in [-0.2, 0) is 6.54 Å². The lowest BCUT2D eigenvalue weighted by Gasteiger charge is -2.11. The van der Waals surface area contributed by atoms with E-state index in [9.17, 15) is 0 Å². The molecule has 21 heavy (non-hydrogen) atoms. The maximum absolute atomic E-state index is 6.07. The topological polar surface area (TPSA) is 46.2 Å². The molecule has 2 aromatic rings. The first kappa shape index (κ1) is 16.0. The summed E-state index contributed by atoms with van der Waals surface area (Å²) in [7, 11) is 1.64. The van der Waals surface area contributed by atoms with Gasteiger partial charge < -0.3 is 15.4 Å². The minimum atomic E-state index is 0.461. The number of hydrogen-bond donors (Lipinski definition) is 2. The number of pyridine rings is 1. The van der Waals surface area contributed by atoms with Crippen molar-refractivity contribution in [1.29, 1.82) is 0 Å². The van der Waals surface area contributed by atoms with Gasteiger partial charge in [0, 0.05) is 17.2 Å². The van der Waals surface area contributed by atoms with Crippen molar-refractivity contribution in [2.75, 3.05) is 12.4 Å². The Morgan fingerprint density at radius 3 is 2.71 bits per heavy atom. The van der Waals surface area contributed by atoms with Gasteiger partial charge in [0.25, 0.3) is 0 Å². The van der Waals surface area contributed by atoms with E-state index in [4.69, 9.17) is 28.6 Å². The Morgan fingerprint density at radius 1 is 1.38 bits per heavy atom. The Bertz CT molecular complexity index is 637. The molecule has 0 atom stereocenters. The van der Waals surface area contributed by atoms with Crippen molar-refractivity contribution < 1.29 is 4.74 Å². The lowest BCUT2D eigenvalue weighted by Crippen LogP contribution is -2.28. The first-order valence-electron chi connectivity index (χ1n) is 6.07. The molecule has 0 amide bonds. The molecule has 7 heteroatoms. The third kappa shape index (κ3) is 4.84. The maximum Gasteiger partial charge on any atom is 0.172 e. The van der Waals surface area contributed by atoms with Crippen LogP contribution in [-0.4, -0.2) is 17.2 Å². The molecule has 0 fully saturated rings. The second-order valence-corrected chi connectivity index (χ2v) is 5.87. The number of ether oxygens (including phenoxy) is 1. The molecular weight excluding hydrogens is 374 g/mol. The Hall–Kier alpha value is -1.37. The van der Waals surface area contributed by atoms with E-state index in [0.29, 0.717) is 22.5 Å². The van der Waals surface area contributed by atoms with E-state index < -0.39 is 0 Å². The van der Waals surface area contributed by atoms with Gasteiger partial charge in [0.15, 0.2) is 10.9 Å². The van der Waals surface area contributed by atoms with Crippen molar-refractivity contribution in [1.82, 2.24) is 10.3 Å². The predicted molar refractivity (Wildman–Crippen MR) is 93.0 cm³/mol. The molecule has 0 radical (unpaired) electrons. The van der Waals surface area contributed by atoms with Crippen LogP contribution in [0.15, 0.2) is 41.0 Å². The minimum Gasteiger partial charge on any atom is -0.497 e. The predicted octanol–water partition coefficient (Wildman–Crippen LogP) is 3.99. The third-order valence-corrected chi connectivity index (χ3v) is 3.62. The van der Waals surface area contributed by atoms with Gasteiger partial charge in [-0.2, -0.15) is 0 Å². The number of nitrogens with zero attached hydrogens (tertiary/aromatic N) is 1. The van der Waals surface area contributed by atoms with Gasteiger partial charge >= 0.3 is 0 Å². The lowest BCUT2D eigenvalue weighted by atomic mass is 10.2. The van der Waals surface area contributed by atoms with Gasteiger partial charge in [-0.3, -0.25) is 0 Å². The molecule has 0 saturated carbocycles. The fourth-order valence-electron chi connectivity index (χ4n) is 1.58. The van der Waals surface area contributed by atoms with Gasteiger partial charge in [-0.15, -0.1) is 0 Å². The van der Waals surface area contributed by atoms with Crippen LogP contribution in [0.1, 0.15) is 5.56 Å². The number of aromatic nitrogens is 1. The first-order chi connectivity index (χ1) is 10.1. The van der Waals surface area contributed by atoms with Crippen LogP contribution in [0.4, 0.5) is 5.82 Å². The lowest BCUT2D eigenvalue weighted by molar-refractivity contribution is 0.414. The van der Waals surface area contributed by atoms with Crippen LogP contribution in [0.25, 0.3) is 0 Å². The Kier molecular flexibility index (Phi) is 5.78. The summed E-state index contributed by atoms with van der Waals surface area (Å²) < 4.78 is 5.93. The van der Waals surface area contributed by atoms with E-state index in [-0.39, 0.29) is 0 Å². The van der Waals surface area contributed by atoms with Gasteiger partial charge in [-0.25, -0.2) is 4.98 Å². The molecule has 0 unspecified atom stereocenters. The van der Waals surface area contributed by atoms with Gasteiger partial charge in [0.1, 0.15) is 5.75 Å². The SMILES string of the molecule is COc1ccc(CNC(=S)Nc2ncc(Br)cc2Cl)cc1. The van der Waals surface area contributed by atoms with Crippen LogP contribution in [0, 0.1) is 0 Å². The molecule has 0 aliphatic rings. The average molecular weight is 387 g/mol. The molecule has 1 heterocycles. The van der Waals surface area contributed by atoms with Crippen molar-refractivity contribution >= 4 is 50.7 Å². The Morgan fingerprint density at radius 2 is 2.10 bits per heavy atom. The van der Waals surface area contributed by atoms with Crippen LogP contribution in [0.5, 0.6) is 5.75 Å². The molecule has 0 saturated heterocycles. The Labute approximate surface area is 142 Å². The molecule has 4 nitrogen and oxygen atoms in total. The second kappa shape index (κ2) is 7.59. The number of benzene rings is 1. The van der Waals surface area contributed by atoms with Crippen LogP contribution in [0.3, 0.4) is 0 Å². The van der Waals surface area contributed by atoms with E-state index in [1.807, 2.05) is 24.3 Å². The fourth-order valence-corrected chi connectivity index (χ4v) is 2.43. The molecule has 1 aromatic heterocycles. The van der Waals surface area contributed by atoms with E-state index in [1.165, 1.54) is 0 Å². The summed E-state index contributed by atoms with van der Waals surface area (Å²) in [4.78, 5) is 4.16. The maximum atomic E-state index is 6.07. The van der Waals surface area contributed by atoms with Crippen LogP contribution >= 0.6 is 39.7 Å². The zero-order chi connectivity index (χ0) is 15.2. The highest BCUT2D eigenvalue weighted by atomic mass is 79.9. The van der Waals surface area contributed by atoms with Crippen molar-refractivity contribution in [3.05, 3.63) is 51.6 Å². The quantitative estimate of drug-likeness (QED) is 0.778. The summed E-state index contributed by atoms with van der Waals surface area (Å²) in [5.41, 5.74) is 1.09. The minimum absolute atomic E-state index is 0.461. The van der Waals surface area contributed by atoms with E-state index in [0.717, 1.165) is 15.8 Å². The molecule has 0 spiro atoms. The van der Waals surface area contributed by atoms with Crippen molar-refractivity contribution in [2.24, 2.45) is 0 Å². The number of nitrogens with one attached hydrogen (secondary N) is 2. The molecule has 2 rings (SSSR count). The summed E-state index contributed by atoms with van der Waals surface area (Å²) >= 11 is 14.6. The number of hydrogen-bond acceptors (Lipinski definition) is 3. The standard InChI is InChI=1S/C14H13BrClN3OS/c1-20-11-4-2-9(3-5-11)7-18-14(21)19-13-12(16)6-10(15)8-17-13/h2-6,8H,7H2,1H3,(H2,17,18,19,21). The zero-order valence-electron chi connectivity index (χ0n) is 11.2. The molecule has 0 bridgehead atoms. The summed E-state index contributed by atoms with van der Waals surface area (Å²) in [6, 6.07) is 9.50. The number of rotatable bonds is 4. The highest BCUT2D eigenvalue weighted by Crippen LogP contribution is 2.22. The molecular formula is C14H13BrClN3OS. The molecule has 1 aromatic carbocycles. The van der Waals surface area contributed by atoms with Crippen molar-refractivity contribution in [3.63, 3.8) is 0 Å². The zero-order valence-corrected chi connectivity index (χ0v) is 14.3. The van der Waals surface area contributed by atoms with Gasteiger partial charge in [-0.05, 0) is 51.9 Å². The first-order valence-corrected chi connectivity index (χ1v) is 7.65. The molecule has 0 aliphatic heterocycles. The number of anilines is 1. The number of halogens is 2. The monoisotopic (exact) mass is 385 g/mol. The van der Waals surface area contributed by atoms with Crippen LogP contribution in [0.2, 0.25) is 5.02 Å². The highest BCUT2D eigenvalue weighted by Gasteiger charge is 2.05. The van der Waals surface area contributed by atoms with Crippen LogP contribution < -0.4 is 15.4 Å². The average Bonchev–Trinajstić information content (AvgIpc) is 2.48. The van der Waals surface area contributed by atoms with Crippen molar-refractivity contribution in [3.8, 4) is 5.75 Å². The smallest absolute Gasteiger partial charge is 0.172 e.